The van der Waals surface area contributed by atoms with Gasteiger partial charge in [0.25, 0.3) is 0 Å². The van der Waals surface area contributed by atoms with Crippen molar-refractivity contribution in [2.24, 2.45) is 0 Å². The second-order valence-corrected chi connectivity index (χ2v) is 5.54. The average molecular weight is 324 g/mol. The van der Waals surface area contributed by atoms with E-state index in [9.17, 15) is 0 Å². The van der Waals surface area contributed by atoms with Gasteiger partial charge in [-0.1, -0.05) is 30.3 Å². The Balaban J connectivity index is 1.58. The van der Waals surface area contributed by atoms with E-state index in [-0.39, 0.29) is 0 Å². The highest BCUT2D eigenvalue weighted by molar-refractivity contribution is 5.42. The Morgan fingerprint density at radius 3 is 2.50 bits per heavy atom. The van der Waals surface area contributed by atoms with Crippen molar-refractivity contribution >= 4 is 0 Å². The number of benzene rings is 2. The third kappa shape index (κ3) is 4.40. The Kier molecular flexibility index (Phi) is 5.53. The summed E-state index contributed by atoms with van der Waals surface area (Å²) in [5.41, 5.74) is 2.32. The lowest BCUT2D eigenvalue weighted by molar-refractivity contribution is -0.688. The molecule has 0 aliphatic carbocycles. The summed E-state index contributed by atoms with van der Waals surface area (Å²) in [5.74, 6) is 2.50. The van der Waals surface area contributed by atoms with E-state index >= 15 is 0 Å². The van der Waals surface area contributed by atoms with Crippen molar-refractivity contribution in [1.82, 2.24) is 0 Å². The lowest BCUT2D eigenvalue weighted by Crippen LogP contribution is -2.80. The smallest absolute Gasteiger partial charge is 0.161 e. The van der Waals surface area contributed by atoms with Crippen LogP contribution in [0.1, 0.15) is 16.9 Å². The maximum Gasteiger partial charge on any atom is 0.161 e. The normalized spacial score (nSPS) is 10.5. The van der Waals surface area contributed by atoms with E-state index in [4.69, 9.17) is 13.9 Å². The Morgan fingerprint density at radius 2 is 1.75 bits per heavy atom. The minimum Gasteiger partial charge on any atom is -0.493 e. The Bertz CT molecular complexity index is 739. The van der Waals surface area contributed by atoms with Crippen LogP contribution in [0.2, 0.25) is 0 Å². The van der Waals surface area contributed by atoms with Gasteiger partial charge in [-0.2, -0.15) is 0 Å². The van der Waals surface area contributed by atoms with Gasteiger partial charge in [0.1, 0.15) is 19.7 Å². The Hall–Kier alpha value is -2.72. The maximum absolute atomic E-state index is 5.88. The van der Waals surface area contributed by atoms with Crippen LogP contribution in [-0.2, 0) is 19.7 Å². The number of ether oxygens (including phenoxy) is 2. The van der Waals surface area contributed by atoms with Crippen LogP contribution >= 0.6 is 0 Å². The number of furan rings is 1. The van der Waals surface area contributed by atoms with E-state index in [2.05, 4.69) is 11.4 Å². The van der Waals surface area contributed by atoms with E-state index in [1.54, 1.807) is 13.4 Å². The molecule has 24 heavy (non-hydrogen) atoms. The van der Waals surface area contributed by atoms with Gasteiger partial charge < -0.3 is 19.2 Å². The molecule has 0 unspecified atom stereocenters. The van der Waals surface area contributed by atoms with Gasteiger partial charge in [0.05, 0.1) is 13.4 Å². The van der Waals surface area contributed by atoms with E-state index in [1.807, 2.05) is 54.6 Å². The molecule has 0 bridgehead atoms. The monoisotopic (exact) mass is 324 g/mol. The highest BCUT2D eigenvalue weighted by Crippen LogP contribution is 2.28. The first-order valence-corrected chi connectivity index (χ1v) is 8.03. The molecule has 0 radical (unpaired) electrons. The molecular formula is C20H22NO3+. The number of hydrogen-bond acceptors (Lipinski definition) is 3. The summed E-state index contributed by atoms with van der Waals surface area (Å²) in [4.78, 5) is 0. The molecule has 2 N–H and O–H groups in total. The van der Waals surface area contributed by atoms with Crippen molar-refractivity contribution in [3.05, 3.63) is 83.8 Å². The molecule has 4 nitrogen and oxygen atoms in total. The van der Waals surface area contributed by atoms with Crippen molar-refractivity contribution in [3.8, 4) is 11.5 Å². The molecule has 0 spiro atoms. The van der Waals surface area contributed by atoms with Gasteiger partial charge in [0.2, 0.25) is 0 Å². The molecule has 4 heteroatoms. The van der Waals surface area contributed by atoms with Crippen LogP contribution in [0.4, 0.5) is 0 Å². The highest BCUT2D eigenvalue weighted by Gasteiger charge is 2.08. The van der Waals surface area contributed by atoms with E-state index < -0.39 is 0 Å². The quantitative estimate of drug-likeness (QED) is 0.692. The number of hydrogen-bond donors (Lipinski definition) is 1. The van der Waals surface area contributed by atoms with Crippen LogP contribution in [0.25, 0.3) is 0 Å². The van der Waals surface area contributed by atoms with E-state index in [0.717, 1.165) is 35.9 Å². The Morgan fingerprint density at radius 1 is 0.875 bits per heavy atom. The van der Waals surface area contributed by atoms with Crippen molar-refractivity contribution < 1.29 is 19.2 Å². The van der Waals surface area contributed by atoms with Gasteiger partial charge >= 0.3 is 0 Å². The van der Waals surface area contributed by atoms with Gasteiger partial charge in [-0.15, -0.1) is 0 Å². The largest absolute Gasteiger partial charge is 0.493 e. The first-order valence-electron chi connectivity index (χ1n) is 8.03. The summed E-state index contributed by atoms with van der Waals surface area (Å²) < 4.78 is 16.7. The lowest BCUT2D eigenvalue weighted by Gasteiger charge is -2.12. The predicted molar refractivity (Wildman–Crippen MR) is 91.8 cm³/mol. The molecule has 124 valence electrons. The SMILES string of the molecule is COc1cc(C[NH2+]Cc2ccco2)ccc1OCc1ccccc1. The van der Waals surface area contributed by atoms with Crippen molar-refractivity contribution in [1.29, 1.82) is 0 Å². The molecule has 2 aromatic carbocycles. The molecule has 3 aromatic rings. The fourth-order valence-corrected chi connectivity index (χ4v) is 2.50. The predicted octanol–water partition coefficient (Wildman–Crippen LogP) is 3.13. The fourth-order valence-electron chi connectivity index (χ4n) is 2.50. The van der Waals surface area contributed by atoms with Gasteiger partial charge in [0, 0.05) is 5.56 Å². The number of rotatable bonds is 8. The number of nitrogens with two attached hydrogens (primary N) is 1. The van der Waals surface area contributed by atoms with Crippen molar-refractivity contribution in [2.45, 2.75) is 19.7 Å². The first kappa shape index (κ1) is 16.1. The fraction of sp³-hybridized carbons (Fsp3) is 0.200. The summed E-state index contributed by atoms with van der Waals surface area (Å²) in [6.45, 7) is 2.21. The minimum absolute atomic E-state index is 0.529. The molecule has 0 amide bonds. The lowest BCUT2D eigenvalue weighted by atomic mass is 10.2. The van der Waals surface area contributed by atoms with Crippen LogP contribution in [0, 0.1) is 0 Å². The van der Waals surface area contributed by atoms with Gasteiger partial charge in [-0.25, -0.2) is 0 Å². The zero-order valence-corrected chi connectivity index (χ0v) is 13.8. The minimum atomic E-state index is 0.529. The maximum atomic E-state index is 5.88. The number of quaternary nitrogens is 1. The second-order valence-electron chi connectivity index (χ2n) is 5.54. The summed E-state index contributed by atoms with van der Waals surface area (Å²) >= 11 is 0. The zero-order chi connectivity index (χ0) is 16.6. The van der Waals surface area contributed by atoms with Crippen LogP contribution in [-0.4, -0.2) is 7.11 Å². The molecule has 3 rings (SSSR count). The number of methoxy groups -OCH3 is 1. The molecule has 1 aromatic heterocycles. The molecule has 0 saturated carbocycles. The molecule has 0 aliphatic heterocycles. The van der Waals surface area contributed by atoms with Crippen molar-refractivity contribution in [2.75, 3.05) is 7.11 Å². The highest BCUT2D eigenvalue weighted by atomic mass is 16.5. The Labute approximate surface area is 142 Å². The third-order valence-electron chi connectivity index (χ3n) is 3.77. The molecular weight excluding hydrogens is 302 g/mol. The van der Waals surface area contributed by atoms with Crippen molar-refractivity contribution in [3.63, 3.8) is 0 Å². The molecule has 0 atom stereocenters. The molecule has 0 aliphatic rings. The topological polar surface area (TPSA) is 48.2 Å². The van der Waals surface area contributed by atoms with Crippen LogP contribution in [0.15, 0.2) is 71.3 Å². The average Bonchev–Trinajstić information content (AvgIpc) is 3.15. The standard InChI is InChI=1S/C20H21NO3/c1-22-20-12-17(13-21-14-18-8-5-11-23-18)9-10-19(20)24-15-16-6-3-2-4-7-16/h2-12,21H,13-15H2,1H3/p+1. The van der Waals surface area contributed by atoms with Crippen LogP contribution < -0.4 is 14.8 Å². The van der Waals surface area contributed by atoms with Gasteiger partial charge in [-0.3, -0.25) is 0 Å². The molecule has 1 heterocycles. The third-order valence-corrected chi connectivity index (χ3v) is 3.77. The zero-order valence-electron chi connectivity index (χ0n) is 13.8. The summed E-state index contributed by atoms with van der Waals surface area (Å²) in [5, 5.41) is 2.19. The molecule has 0 saturated heterocycles. The summed E-state index contributed by atoms with van der Waals surface area (Å²) in [6.07, 6.45) is 1.70. The van der Waals surface area contributed by atoms with E-state index in [1.165, 1.54) is 5.56 Å². The van der Waals surface area contributed by atoms with Gasteiger partial charge in [-0.05, 0) is 35.9 Å². The van der Waals surface area contributed by atoms with Gasteiger partial charge in [0.15, 0.2) is 17.3 Å². The summed E-state index contributed by atoms with van der Waals surface area (Å²) in [7, 11) is 1.67. The summed E-state index contributed by atoms with van der Waals surface area (Å²) in [6, 6.07) is 20.1. The van der Waals surface area contributed by atoms with Crippen LogP contribution in [0.5, 0.6) is 11.5 Å². The first-order chi connectivity index (χ1) is 11.8. The second kappa shape index (κ2) is 8.22. The van der Waals surface area contributed by atoms with Crippen LogP contribution in [0.3, 0.4) is 0 Å². The van der Waals surface area contributed by atoms with E-state index in [0.29, 0.717) is 6.61 Å². The molecule has 0 fully saturated rings.